The van der Waals surface area contributed by atoms with Crippen molar-refractivity contribution in [2.24, 2.45) is 12.1 Å². The van der Waals surface area contributed by atoms with E-state index in [9.17, 15) is 4.79 Å². The molecular formula is C27H23Cl2N5O. The maximum Gasteiger partial charge on any atom is 0.347 e. The SMILES string of the molecule is Cn1c(N2CC3(CCc4ccccc43)C(c3ccc(Cl)cc3)=N2)nn(Cc2ccc(Cl)cc2)c1=O. The minimum atomic E-state index is -0.277. The van der Waals surface area contributed by atoms with Crippen molar-refractivity contribution in [2.45, 2.75) is 24.8 Å². The van der Waals surface area contributed by atoms with E-state index in [0.717, 1.165) is 29.7 Å². The van der Waals surface area contributed by atoms with Gasteiger partial charge in [-0.05, 0) is 59.4 Å². The fourth-order valence-electron chi connectivity index (χ4n) is 5.30. The molecule has 1 unspecified atom stereocenters. The van der Waals surface area contributed by atoms with Gasteiger partial charge in [0.15, 0.2) is 0 Å². The van der Waals surface area contributed by atoms with Crippen LogP contribution >= 0.6 is 23.2 Å². The first kappa shape index (κ1) is 22.1. The lowest BCUT2D eigenvalue weighted by atomic mass is 9.75. The Morgan fingerprint density at radius 2 is 1.63 bits per heavy atom. The second-order valence-electron chi connectivity index (χ2n) is 9.18. The largest absolute Gasteiger partial charge is 0.347 e. The lowest BCUT2D eigenvalue weighted by molar-refractivity contribution is 0.581. The number of hydrazone groups is 1. The van der Waals surface area contributed by atoms with Crippen LogP contribution in [0.3, 0.4) is 0 Å². The Labute approximate surface area is 213 Å². The monoisotopic (exact) mass is 503 g/mol. The Hall–Kier alpha value is -3.35. The van der Waals surface area contributed by atoms with E-state index in [1.165, 1.54) is 15.8 Å². The fourth-order valence-corrected chi connectivity index (χ4v) is 5.56. The molecule has 0 N–H and O–H groups in total. The number of anilines is 1. The number of benzene rings is 3. The van der Waals surface area contributed by atoms with Crippen molar-refractivity contribution in [3.05, 3.63) is 116 Å². The highest BCUT2D eigenvalue weighted by Gasteiger charge is 2.49. The average Bonchev–Trinajstić information content (AvgIpc) is 3.52. The van der Waals surface area contributed by atoms with E-state index in [2.05, 4.69) is 24.3 Å². The molecule has 35 heavy (non-hydrogen) atoms. The molecule has 4 aromatic rings. The maximum absolute atomic E-state index is 13.1. The summed E-state index contributed by atoms with van der Waals surface area (Å²) in [5.74, 6) is 0.525. The van der Waals surface area contributed by atoms with Crippen LogP contribution in [-0.2, 0) is 25.4 Å². The van der Waals surface area contributed by atoms with Crippen LogP contribution in [-0.4, -0.2) is 26.6 Å². The lowest BCUT2D eigenvalue weighted by Crippen LogP contribution is -2.37. The highest BCUT2D eigenvalue weighted by molar-refractivity contribution is 6.31. The van der Waals surface area contributed by atoms with Crippen LogP contribution in [0.4, 0.5) is 5.95 Å². The number of nitrogens with zero attached hydrogens (tertiary/aromatic N) is 5. The number of fused-ring (bicyclic) bond motifs is 2. The third-order valence-corrected chi connectivity index (χ3v) is 7.56. The van der Waals surface area contributed by atoms with Gasteiger partial charge in [0.05, 0.1) is 24.2 Å². The Balaban J connectivity index is 1.43. The standard InChI is InChI=1S/C27H23Cl2N5O/c1-32-25(31-33(26(32)35)16-18-6-10-21(28)11-7-18)34-17-27(15-14-19-4-2-3-5-23(19)27)24(30-34)20-8-12-22(29)13-9-20/h2-13H,14-17H2,1H3. The van der Waals surface area contributed by atoms with E-state index in [1.54, 1.807) is 11.6 Å². The van der Waals surface area contributed by atoms with Gasteiger partial charge in [0.25, 0.3) is 0 Å². The van der Waals surface area contributed by atoms with Crippen molar-refractivity contribution in [1.82, 2.24) is 14.3 Å². The molecule has 8 heteroatoms. The van der Waals surface area contributed by atoms with Gasteiger partial charge in [0.1, 0.15) is 0 Å². The summed E-state index contributed by atoms with van der Waals surface area (Å²) in [6, 6.07) is 23.8. The van der Waals surface area contributed by atoms with Gasteiger partial charge in [-0.3, -0.25) is 4.57 Å². The van der Waals surface area contributed by atoms with Crippen LogP contribution in [0, 0.1) is 0 Å². The highest BCUT2D eigenvalue weighted by Crippen LogP contribution is 2.46. The summed E-state index contributed by atoms with van der Waals surface area (Å²) in [6.45, 7) is 0.979. The maximum atomic E-state index is 13.1. The van der Waals surface area contributed by atoms with E-state index in [4.69, 9.17) is 33.4 Å². The van der Waals surface area contributed by atoms with Crippen LogP contribution in [0.2, 0.25) is 10.0 Å². The van der Waals surface area contributed by atoms with E-state index >= 15 is 0 Å². The first-order valence-electron chi connectivity index (χ1n) is 11.5. The van der Waals surface area contributed by atoms with Crippen molar-refractivity contribution in [2.75, 3.05) is 11.6 Å². The Kier molecular flexibility index (Phi) is 5.31. The molecule has 0 saturated heterocycles. The van der Waals surface area contributed by atoms with Crippen LogP contribution in [0.1, 0.15) is 28.7 Å². The summed E-state index contributed by atoms with van der Waals surface area (Å²) in [5.41, 5.74) is 5.14. The van der Waals surface area contributed by atoms with Crippen LogP contribution < -0.4 is 10.7 Å². The molecule has 1 spiro atoms. The molecule has 1 aliphatic heterocycles. The van der Waals surface area contributed by atoms with Gasteiger partial charge in [-0.15, -0.1) is 5.10 Å². The lowest BCUT2D eigenvalue weighted by Gasteiger charge is -2.27. The summed E-state index contributed by atoms with van der Waals surface area (Å²) in [5, 5.41) is 13.0. The molecule has 1 aliphatic carbocycles. The third kappa shape index (κ3) is 3.68. The minimum Gasteiger partial charge on any atom is -0.263 e. The van der Waals surface area contributed by atoms with E-state index in [0.29, 0.717) is 29.1 Å². The summed E-state index contributed by atoms with van der Waals surface area (Å²) in [7, 11) is 1.74. The zero-order valence-electron chi connectivity index (χ0n) is 19.2. The Morgan fingerprint density at radius 3 is 2.37 bits per heavy atom. The molecule has 6 rings (SSSR count). The predicted molar refractivity (Wildman–Crippen MR) is 140 cm³/mol. The quantitative estimate of drug-likeness (QED) is 0.391. The van der Waals surface area contributed by atoms with Gasteiger partial charge in [0.2, 0.25) is 5.95 Å². The van der Waals surface area contributed by atoms with Crippen molar-refractivity contribution >= 4 is 34.9 Å². The van der Waals surface area contributed by atoms with E-state index in [-0.39, 0.29) is 11.1 Å². The fraction of sp³-hybridized carbons (Fsp3) is 0.222. The molecule has 1 aromatic heterocycles. The zero-order valence-corrected chi connectivity index (χ0v) is 20.7. The Bertz CT molecular complexity index is 1500. The van der Waals surface area contributed by atoms with Crippen LogP contribution in [0.15, 0.2) is 82.7 Å². The van der Waals surface area contributed by atoms with Crippen molar-refractivity contribution in [1.29, 1.82) is 0 Å². The molecule has 6 nitrogen and oxygen atoms in total. The van der Waals surface area contributed by atoms with Crippen LogP contribution in [0.5, 0.6) is 0 Å². The van der Waals surface area contributed by atoms with Crippen molar-refractivity contribution in [3.63, 3.8) is 0 Å². The molecule has 2 aliphatic rings. The van der Waals surface area contributed by atoms with Crippen molar-refractivity contribution < 1.29 is 0 Å². The molecule has 176 valence electrons. The topological polar surface area (TPSA) is 55.4 Å². The van der Waals surface area contributed by atoms with E-state index in [1.807, 2.05) is 53.5 Å². The number of aryl methyl sites for hydroxylation is 1. The molecule has 0 radical (unpaired) electrons. The average molecular weight is 504 g/mol. The van der Waals surface area contributed by atoms with Gasteiger partial charge in [-0.25, -0.2) is 14.5 Å². The first-order chi connectivity index (χ1) is 16.9. The van der Waals surface area contributed by atoms with Gasteiger partial charge in [-0.2, -0.15) is 5.10 Å². The molecular weight excluding hydrogens is 481 g/mol. The number of halogens is 2. The van der Waals surface area contributed by atoms with Crippen molar-refractivity contribution in [3.8, 4) is 0 Å². The van der Waals surface area contributed by atoms with Gasteiger partial charge in [-0.1, -0.05) is 71.7 Å². The number of rotatable bonds is 4. The summed E-state index contributed by atoms with van der Waals surface area (Å²) in [4.78, 5) is 13.1. The molecule has 0 saturated carbocycles. The molecule has 0 bridgehead atoms. The van der Waals surface area contributed by atoms with Crippen LogP contribution in [0.25, 0.3) is 0 Å². The summed E-state index contributed by atoms with van der Waals surface area (Å²) < 4.78 is 3.04. The second kappa shape index (κ2) is 8.40. The second-order valence-corrected chi connectivity index (χ2v) is 10.1. The smallest absolute Gasteiger partial charge is 0.263 e. The summed E-state index contributed by atoms with van der Waals surface area (Å²) >= 11 is 12.2. The molecule has 2 heterocycles. The number of hydrogen-bond donors (Lipinski definition) is 0. The van der Waals surface area contributed by atoms with Gasteiger partial charge in [0, 0.05) is 17.1 Å². The Morgan fingerprint density at radius 1 is 0.943 bits per heavy atom. The minimum absolute atomic E-state index is 0.189. The molecule has 0 fully saturated rings. The molecule has 3 aromatic carbocycles. The van der Waals surface area contributed by atoms with Gasteiger partial charge >= 0.3 is 5.69 Å². The normalized spacial score (nSPS) is 18.8. The number of hydrogen-bond acceptors (Lipinski definition) is 4. The molecule has 1 atom stereocenters. The van der Waals surface area contributed by atoms with Gasteiger partial charge < -0.3 is 0 Å². The number of aromatic nitrogens is 3. The third-order valence-electron chi connectivity index (χ3n) is 7.06. The highest BCUT2D eigenvalue weighted by atomic mass is 35.5. The molecule has 0 amide bonds. The summed E-state index contributed by atoms with van der Waals surface area (Å²) in [6.07, 6.45) is 1.93. The zero-order chi connectivity index (χ0) is 24.2. The van der Waals surface area contributed by atoms with E-state index < -0.39 is 0 Å². The first-order valence-corrected chi connectivity index (χ1v) is 12.3. The predicted octanol–water partition coefficient (Wildman–Crippen LogP) is 5.05.